The average Bonchev–Trinajstić information content (AvgIpc) is 2.88. The summed E-state index contributed by atoms with van der Waals surface area (Å²) in [6.07, 6.45) is 9.94. The normalized spacial score (nSPS) is 17.4. The summed E-state index contributed by atoms with van der Waals surface area (Å²) in [6, 6.07) is 5.95. The maximum absolute atomic E-state index is 6.15. The third-order valence-corrected chi connectivity index (χ3v) is 5.14. The third-order valence-electron chi connectivity index (χ3n) is 5.14. The molecule has 5 heteroatoms. The minimum atomic E-state index is 0.747. The van der Waals surface area contributed by atoms with Crippen LogP contribution in [0.15, 0.2) is 24.4 Å². The molecule has 1 aliphatic rings. The van der Waals surface area contributed by atoms with E-state index in [-0.39, 0.29) is 0 Å². The van der Waals surface area contributed by atoms with Crippen LogP contribution in [0.3, 0.4) is 0 Å². The van der Waals surface area contributed by atoms with Gasteiger partial charge in [0.25, 0.3) is 0 Å². The monoisotopic (exact) mass is 316 g/mol. The quantitative estimate of drug-likeness (QED) is 0.609. The van der Waals surface area contributed by atoms with Crippen molar-refractivity contribution in [3.8, 4) is 0 Å². The molecule has 0 radical (unpaired) electrons. The summed E-state index contributed by atoms with van der Waals surface area (Å²) in [5.74, 6) is 0.811. The Labute approximate surface area is 139 Å². The first kappa shape index (κ1) is 16.1. The Morgan fingerprint density at radius 1 is 1.17 bits per heavy atom. The molecule has 1 saturated heterocycles. The number of nitrogen functional groups attached to an aromatic ring is 1. The molecule has 1 fully saturated rings. The van der Waals surface area contributed by atoms with Gasteiger partial charge in [0.05, 0.1) is 32.2 Å². The first-order valence-electron chi connectivity index (χ1n) is 8.98. The van der Waals surface area contributed by atoms with Gasteiger partial charge in [-0.2, -0.15) is 0 Å². The smallest absolute Gasteiger partial charge is 0.172 e. The van der Waals surface area contributed by atoms with Crippen molar-refractivity contribution in [2.45, 2.75) is 38.5 Å². The topological polar surface area (TPSA) is 55.4 Å². The lowest BCUT2D eigenvalue weighted by Crippen LogP contribution is -2.48. The number of hydrogen-bond donors (Lipinski definition) is 2. The number of piperidine rings is 1. The molecule has 0 aliphatic carbocycles. The van der Waals surface area contributed by atoms with E-state index in [1.54, 1.807) is 0 Å². The number of aromatic nitrogens is 2. The number of anilines is 2. The van der Waals surface area contributed by atoms with Crippen molar-refractivity contribution in [3.63, 3.8) is 0 Å². The highest BCUT2D eigenvalue weighted by Crippen LogP contribution is 2.22. The van der Waals surface area contributed by atoms with Crippen molar-refractivity contribution in [2.75, 3.05) is 44.3 Å². The molecule has 3 N–H and O–H groups in total. The Kier molecular flexibility index (Phi) is 5.06. The van der Waals surface area contributed by atoms with Crippen LogP contribution in [0, 0.1) is 0 Å². The summed E-state index contributed by atoms with van der Waals surface area (Å²) in [4.78, 5) is 0. The molecule has 5 nitrogen and oxygen atoms in total. The van der Waals surface area contributed by atoms with Crippen LogP contribution >= 0.6 is 0 Å². The van der Waals surface area contributed by atoms with Crippen molar-refractivity contribution >= 4 is 17.0 Å². The highest BCUT2D eigenvalue weighted by atomic mass is 15.3. The van der Waals surface area contributed by atoms with Gasteiger partial charge in [-0.15, -0.1) is 5.10 Å². The van der Waals surface area contributed by atoms with Gasteiger partial charge in [-0.3, -0.25) is 0 Å². The molecule has 0 bridgehead atoms. The van der Waals surface area contributed by atoms with Gasteiger partial charge in [0, 0.05) is 12.7 Å². The van der Waals surface area contributed by atoms with E-state index < -0.39 is 0 Å². The Morgan fingerprint density at radius 3 is 2.78 bits per heavy atom. The van der Waals surface area contributed by atoms with E-state index in [4.69, 9.17) is 5.73 Å². The molecule has 2 aromatic rings. The molecular formula is C18H30N5+. The second-order valence-corrected chi connectivity index (χ2v) is 7.13. The van der Waals surface area contributed by atoms with Crippen molar-refractivity contribution < 1.29 is 4.48 Å². The summed E-state index contributed by atoms with van der Waals surface area (Å²) in [6.45, 7) is 5.01. The van der Waals surface area contributed by atoms with Crippen LogP contribution in [0.25, 0.3) is 5.52 Å². The zero-order chi connectivity index (χ0) is 16.1. The molecule has 3 rings (SSSR count). The number of nitrogens with two attached hydrogens (primary N) is 1. The maximum atomic E-state index is 6.15. The number of quaternary nitrogens is 1. The van der Waals surface area contributed by atoms with Gasteiger partial charge >= 0.3 is 0 Å². The Hall–Kier alpha value is -1.75. The number of nitrogens with one attached hydrogen (secondary N) is 1. The fourth-order valence-corrected chi connectivity index (χ4v) is 3.65. The molecule has 0 unspecified atom stereocenters. The van der Waals surface area contributed by atoms with Crippen LogP contribution in [0.4, 0.5) is 11.5 Å². The largest absolute Gasteiger partial charge is 0.394 e. The number of rotatable bonds is 7. The van der Waals surface area contributed by atoms with E-state index >= 15 is 0 Å². The van der Waals surface area contributed by atoms with Gasteiger partial charge < -0.3 is 15.5 Å². The Balaban J connectivity index is 1.38. The van der Waals surface area contributed by atoms with E-state index in [0.717, 1.165) is 23.6 Å². The predicted molar refractivity (Wildman–Crippen MR) is 96.6 cm³/mol. The lowest BCUT2D eigenvalue weighted by atomic mass is 10.1. The molecule has 1 aliphatic heterocycles. The van der Waals surface area contributed by atoms with Crippen molar-refractivity contribution in [1.29, 1.82) is 0 Å². The van der Waals surface area contributed by atoms with Crippen LogP contribution in [0.2, 0.25) is 0 Å². The highest BCUT2D eigenvalue weighted by molar-refractivity contribution is 5.80. The highest BCUT2D eigenvalue weighted by Gasteiger charge is 2.23. The number of hydrogen-bond acceptors (Lipinski definition) is 3. The fourth-order valence-electron chi connectivity index (χ4n) is 3.65. The van der Waals surface area contributed by atoms with Crippen LogP contribution < -0.4 is 11.1 Å². The number of nitrogens with zero attached hydrogens (tertiary/aromatic N) is 3. The van der Waals surface area contributed by atoms with Gasteiger partial charge in [-0.25, -0.2) is 4.52 Å². The van der Waals surface area contributed by atoms with E-state index in [0.29, 0.717) is 0 Å². The van der Waals surface area contributed by atoms with Crippen LogP contribution in [0.1, 0.15) is 38.5 Å². The zero-order valence-electron chi connectivity index (χ0n) is 14.3. The fraction of sp³-hybridized carbons (Fsp3) is 0.611. The second-order valence-electron chi connectivity index (χ2n) is 7.13. The average molecular weight is 316 g/mol. The van der Waals surface area contributed by atoms with Gasteiger partial charge in [0.1, 0.15) is 5.69 Å². The first-order chi connectivity index (χ1) is 11.2. The van der Waals surface area contributed by atoms with Crippen LogP contribution in [-0.4, -0.2) is 47.3 Å². The minimum Gasteiger partial charge on any atom is -0.394 e. The first-order valence-corrected chi connectivity index (χ1v) is 8.98. The van der Waals surface area contributed by atoms with Gasteiger partial charge in [0.15, 0.2) is 5.82 Å². The van der Waals surface area contributed by atoms with E-state index in [2.05, 4.69) is 17.5 Å². The van der Waals surface area contributed by atoms with Gasteiger partial charge in [0.2, 0.25) is 0 Å². The maximum Gasteiger partial charge on any atom is 0.172 e. The molecular weight excluding hydrogens is 286 g/mol. The summed E-state index contributed by atoms with van der Waals surface area (Å²) in [5.41, 5.74) is 7.86. The number of pyridine rings is 1. The van der Waals surface area contributed by atoms with Crippen LogP contribution in [0.5, 0.6) is 0 Å². The molecule has 2 aromatic heterocycles. The number of unbranched alkanes of at least 4 members (excludes halogenated alkanes) is 2. The molecule has 0 aromatic carbocycles. The molecule has 0 saturated carbocycles. The molecule has 23 heavy (non-hydrogen) atoms. The number of fused-ring (bicyclic) bond motifs is 1. The summed E-state index contributed by atoms with van der Waals surface area (Å²) < 4.78 is 3.12. The summed E-state index contributed by atoms with van der Waals surface area (Å²) in [5, 5.41) is 7.88. The predicted octanol–water partition coefficient (Wildman–Crippen LogP) is 3.13. The third kappa shape index (κ3) is 3.96. The minimum absolute atomic E-state index is 0.747. The summed E-state index contributed by atoms with van der Waals surface area (Å²) >= 11 is 0. The lowest BCUT2D eigenvalue weighted by Gasteiger charge is -2.37. The molecule has 0 spiro atoms. The number of likely N-dealkylation sites (tertiary alicyclic amines) is 1. The Bertz CT molecular complexity index is 627. The lowest BCUT2D eigenvalue weighted by molar-refractivity contribution is -0.914. The molecule has 126 valence electrons. The van der Waals surface area contributed by atoms with E-state index in [1.807, 2.05) is 28.9 Å². The van der Waals surface area contributed by atoms with Crippen molar-refractivity contribution in [2.24, 2.45) is 0 Å². The van der Waals surface area contributed by atoms with Crippen molar-refractivity contribution in [1.82, 2.24) is 9.61 Å². The summed E-state index contributed by atoms with van der Waals surface area (Å²) in [7, 11) is 2.43. The molecule has 3 heterocycles. The Morgan fingerprint density at radius 2 is 2.00 bits per heavy atom. The standard InChI is InChI=1S/C18H30N5/c1-23(14-8-3-9-15-23)13-7-2-5-11-20-18-17(19)16-10-4-6-12-22(16)21-18/h4,6,10,12H,2-3,5,7-9,11,13-15,19H2,1H3,(H,20,21)/q+1. The van der Waals surface area contributed by atoms with E-state index in [9.17, 15) is 0 Å². The molecule has 0 amide bonds. The van der Waals surface area contributed by atoms with Crippen molar-refractivity contribution in [3.05, 3.63) is 24.4 Å². The van der Waals surface area contributed by atoms with Gasteiger partial charge in [-0.05, 0) is 50.7 Å². The molecule has 0 atom stereocenters. The van der Waals surface area contributed by atoms with Crippen LogP contribution in [-0.2, 0) is 0 Å². The SMILES string of the molecule is C[N+]1(CCCCCNc2nn3ccccc3c2N)CCCCC1. The zero-order valence-corrected chi connectivity index (χ0v) is 14.3. The van der Waals surface area contributed by atoms with E-state index in [1.165, 1.54) is 62.6 Å². The second kappa shape index (κ2) is 7.21. The van der Waals surface area contributed by atoms with Gasteiger partial charge in [-0.1, -0.05) is 6.07 Å².